The van der Waals surface area contributed by atoms with Crippen molar-refractivity contribution in [2.45, 2.75) is 25.9 Å². The van der Waals surface area contributed by atoms with Crippen molar-refractivity contribution in [2.24, 2.45) is 14.1 Å². The van der Waals surface area contributed by atoms with E-state index in [1.807, 2.05) is 6.92 Å². The Bertz CT molecular complexity index is 486. The van der Waals surface area contributed by atoms with Gasteiger partial charge in [0.25, 0.3) is 5.56 Å². The van der Waals surface area contributed by atoms with Gasteiger partial charge in [-0.3, -0.25) is 9.36 Å². The molecule has 17 heavy (non-hydrogen) atoms. The quantitative estimate of drug-likeness (QED) is 0.689. The average molecular weight is 241 g/mol. The molecule has 1 atom stereocenters. The van der Waals surface area contributed by atoms with Crippen LogP contribution in [0.25, 0.3) is 0 Å². The maximum Gasteiger partial charge on any atom is 0.330 e. The zero-order valence-corrected chi connectivity index (χ0v) is 10.4. The third-order valence-electron chi connectivity index (χ3n) is 2.81. The predicted molar refractivity (Wildman–Crippen MR) is 64.9 cm³/mol. The summed E-state index contributed by atoms with van der Waals surface area (Å²) in [6.07, 6.45) is 2.31. The summed E-state index contributed by atoms with van der Waals surface area (Å²) in [6.45, 7) is 2.33. The van der Waals surface area contributed by atoms with Crippen molar-refractivity contribution in [3.8, 4) is 0 Å². The van der Waals surface area contributed by atoms with Crippen LogP contribution in [0.1, 0.15) is 18.9 Å². The van der Waals surface area contributed by atoms with E-state index in [1.54, 1.807) is 7.05 Å². The van der Waals surface area contributed by atoms with Gasteiger partial charge in [-0.25, -0.2) is 4.79 Å². The zero-order valence-electron chi connectivity index (χ0n) is 10.4. The molecule has 1 aromatic heterocycles. The first kappa shape index (κ1) is 13.7. The Balaban J connectivity index is 2.93. The third-order valence-corrected chi connectivity index (χ3v) is 2.81. The van der Waals surface area contributed by atoms with Crippen molar-refractivity contribution in [1.29, 1.82) is 0 Å². The first-order valence-corrected chi connectivity index (χ1v) is 5.61. The molecule has 0 aliphatic rings. The molecule has 0 bridgehead atoms. The number of hydrogen-bond donors (Lipinski definition) is 2. The Morgan fingerprint density at radius 1 is 1.41 bits per heavy atom. The second kappa shape index (κ2) is 5.79. The first-order chi connectivity index (χ1) is 8.01. The van der Waals surface area contributed by atoms with E-state index in [4.69, 9.17) is 5.11 Å². The van der Waals surface area contributed by atoms with Crippen molar-refractivity contribution in [1.82, 2.24) is 14.5 Å². The molecule has 0 spiro atoms. The molecule has 0 unspecified atom stereocenters. The van der Waals surface area contributed by atoms with Gasteiger partial charge in [0.1, 0.15) is 0 Å². The van der Waals surface area contributed by atoms with Crippen molar-refractivity contribution >= 4 is 0 Å². The fourth-order valence-corrected chi connectivity index (χ4v) is 1.60. The number of nitrogens with one attached hydrogen (secondary N) is 1. The Morgan fingerprint density at radius 3 is 2.59 bits per heavy atom. The topological polar surface area (TPSA) is 76.3 Å². The number of nitrogens with zero attached hydrogens (tertiary/aromatic N) is 2. The van der Waals surface area contributed by atoms with Crippen molar-refractivity contribution in [3.05, 3.63) is 32.6 Å². The summed E-state index contributed by atoms with van der Waals surface area (Å²) in [4.78, 5) is 23.2. The molecule has 0 aliphatic carbocycles. The van der Waals surface area contributed by atoms with E-state index in [9.17, 15) is 9.59 Å². The molecule has 6 heteroatoms. The molecule has 6 nitrogen and oxygen atoms in total. The second-order valence-corrected chi connectivity index (χ2v) is 4.08. The molecule has 0 fully saturated rings. The van der Waals surface area contributed by atoms with Crippen molar-refractivity contribution < 1.29 is 5.11 Å². The van der Waals surface area contributed by atoms with Crippen LogP contribution in [0.3, 0.4) is 0 Å². The van der Waals surface area contributed by atoms with E-state index in [0.717, 1.165) is 11.0 Å². The minimum Gasteiger partial charge on any atom is -0.395 e. The van der Waals surface area contributed by atoms with Gasteiger partial charge in [0, 0.05) is 38.4 Å². The summed E-state index contributed by atoms with van der Waals surface area (Å²) in [5.41, 5.74) is -0.122. The van der Waals surface area contributed by atoms with E-state index >= 15 is 0 Å². The molecule has 0 aromatic carbocycles. The smallest absolute Gasteiger partial charge is 0.330 e. The molecule has 1 aromatic rings. The Labute approximate surface area is 99.5 Å². The van der Waals surface area contributed by atoms with Gasteiger partial charge in [0.05, 0.1) is 6.61 Å². The van der Waals surface area contributed by atoms with Gasteiger partial charge >= 0.3 is 5.69 Å². The highest BCUT2D eigenvalue weighted by Crippen LogP contribution is 1.93. The SMILES string of the molecule is CC[C@@H](CO)NCc1cn(C)c(=O)n(C)c1=O. The summed E-state index contributed by atoms with van der Waals surface area (Å²) >= 11 is 0. The molecule has 0 radical (unpaired) electrons. The summed E-state index contributed by atoms with van der Waals surface area (Å²) in [5.74, 6) is 0. The van der Waals surface area contributed by atoms with Gasteiger partial charge in [0.15, 0.2) is 0 Å². The minimum absolute atomic E-state index is 0.0303. The van der Waals surface area contributed by atoms with Crippen LogP contribution in [0.4, 0.5) is 0 Å². The lowest BCUT2D eigenvalue weighted by Crippen LogP contribution is -2.41. The third kappa shape index (κ3) is 3.04. The van der Waals surface area contributed by atoms with E-state index in [1.165, 1.54) is 17.8 Å². The standard InChI is InChI=1S/C11H19N3O3/c1-4-9(7-15)12-5-8-6-13(2)11(17)14(3)10(8)16/h6,9,12,15H,4-5,7H2,1-3H3/t9-/m0/s1. The van der Waals surface area contributed by atoms with Crippen molar-refractivity contribution in [2.75, 3.05) is 6.61 Å². The zero-order chi connectivity index (χ0) is 13.0. The molecule has 2 N–H and O–H groups in total. The number of rotatable bonds is 5. The molecule has 0 aliphatic heterocycles. The Kier molecular flexibility index (Phi) is 4.65. The number of aryl methyl sites for hydroxylation is 1. The molecule has 0 amide bonds. The summed E-state index contributed by atoms with van der Waals surface area (Å²) in [7, 11) is 3.06. The highest BCUT2D eigenvalue weighted by atomic mass is 16.3. The first-order valence-electron chi connectivity index (χ1n) is 5.61. The molecule has 1 heterocycles. The molecule has 0 saturated carbocycles. The number of aliphatic hydroxyl groups excluding tert-OH is 1. The monoisotopic (exact) mass is 241 g/mol. The maximum absolute atomic E-state index is 11.8. The van der Waals surface area contributed by atoms with Crippen LogP contribution < -0.4 is 16.6 Å². The normalized spacial score (nSPS) is 12.7. The number of aliphatic hydroxyl groups is 1. The summed E-state index contributed by atoms with van der Waals surface area (Å²) in [5, 5.41) is 12.1. The lowest BCUT2D eigenvalue weighted by molar-refractivity contribution is 0.238. The predicted octanol–water partition coefficient (Wildman–Crippen LogP) is -1.06. The summed E-state index contributed by atoms with van der Waals surface area (Å²) < 4.78 is 2.45. The van der Waals surface area contributed by atoms with E-state index in [-0.39, 0.29) is 23.9 Å². The van der Waals surface area contributed by atoms with Gasteiger partial charge in [-0.05, 0) is 6.42 Å². The van der Waals surface area contributed by atoms with Gasteiger partial charge in [-0.2, -0.15) is 0 Å². The minimum atomic E-state index is -0.340. The summed E-state index contributed by atoms with van der Waals surface area (Å²) in [6, 6.07) is -0.0306. The molecular formula is C11H19N3O3. The van der Waals surface area contributed by atoms with E-state index in [0.29, 0.717) is 12.1 Å². The van der Waals surface area contributed by atoms with E-state index < -0.39 is 0 Å². The molecule has 1 rings (SSSR count). The molecular weight excluding hydrogens is 222 g/mol. The molecule has 96 valence electrons. The fraction of sp³-hybridized carbons (Fsp3) is 0.636. The van der Waals surface area contributed by atoms with Crippen LogP contribution in [-0.4, -0.2) is 26.9 Å². The Hall–Kier alpha value is -1.40. The lowest BCUT2D eigenvalue weighted by atomic mass is 10.2. The van der Waals surface area contributed by atoms with Crippen LogP contribution in [0.15, 0.2) is 15.8 Å². The van der Waals surface area contributed by atoms with Crippen LogP contribution in [-0.2, 0) is 20.6 Å². The molecule has 0 saturated heterocycles. The van der Waals surface area contributed by atoms with Crippen molar-refractivity contribution in [3.63, 3.8) is 0 Å². The fourth-order valence-electron chi connectivity index (χ4n) is 1.60. The van der Waals surface area contributed by atoms with Crippen LogP contribution in [0, 0.1) is 0 Å². The van der Waals surface area contributed by atoms with Crippen LogP contribution in [0.5, 0.6) is 0 Å². The van der Waals surface area contributed by atoms with E-state index in [2.05, 4.69) is 5.32 Å². The van der Waals surface area contributed by atoms with Gasteiger partial charge in [-0.1, -0.05) is 6.92 Å². The number of hydrogen-bond acceptors (Lipinski definition) is 4. The largest absolute Gasteiger partial charge is 0.395 e. The van der Waals surface area contributed by atoms with Crippen LogP contribution >= 0.6 is 0 Å². The lowest BCUT2D eigenvalue weighted by Gasteiger charge is -2.14. The highest BCUT2D eigenvalue weighted by Gasteiger charge is 2.09. The van der Waals surface area contributed by atoms with Gasteiger partial charge < -0.3 is 15.0 Å². The van der Waals surface area contributed by atoms with Crippen LogP contribution in [0.2, 0.25) is 0 Å². The second-order valence-electron chi connectivity index (χ2n) is 4.08. The Morgan fingerprint density at radius 2 is 2.06 bits per heavy atom. The van der Waals surface area contributed by atoms with Gasteiger partial charge in [0.2, 0.25) is 0 Å². The highest BCUT2D eigenvalue weighted by molar-refractivity contribution is 5.05. The average Bonchev–Trinajstić information content (AvgIpc) is 2.33. The maximum atomic E-state index is 11.8. The van der Waals surface area contributed by atoms with Gasteiger partial charge in [-0.15, -0.1) is 0 Å². The number of aromatic nitrogens is 2.